The van der Waals surface area contributed by atoms with Gasteiger partial charge >= 0.3 is 0 Å². The number of likely N-dealkylation sites (tertiary alicyclic amines) is 1. The summed E-state index contributed by atoms with van der Waals surface area (Å²) < 4.78 is 0. The third kappa shape index (κ3) is 2.88. The number of hydrogen-bond acceptors (Lipinski definition) is 3. The lowest BCUT2D eigenvalue weighted by molar-refractivity contribution is -0.0827. The minimum atomic E-state index is 0.119. The monoisotopic (exact) mass is 387 g/mol. The van der Waals surface area contributed by atoms with E-state index in [1.807, 2.05) is 0 Å². The number of carbonyl (C=O) groups excluding carboxylic acids is 1. The molecule has 4 unspecified atom stereocenters. The van der Waals surface area contributed by atoms with Gasteiger partial charge < -0.3 is 9.74 Å². The second-order valence-electron chi connectivity index (χ2n) is 11.2. The van der Waals surface area contributed by atoms with Crippen molar-refractivity contribution in [3.8, 4) is 0 Å². The minimum Gasteiger partial charge on any atom is -0.391 e. The molecule has 0 radical (unpaired) electrons. The number of likely N-dealkylation sites (N-methyl/N-ethyl adjacent to an activating group) is 1. The first-order valence-electron chi connectivity index (χ1n) is 11.9. The second kappa shape index (κ2) is 6.82. The Morgan fingerprint density at radius 3 is 2.68 bits per heavy atom. The number of oxime groups is 1. The van der Waals surface area contributed by atoms with Crippen LogP contribution in [0, 0.1) is 34.5 Å². The summed E-state index contributed by atoms with van der Waals surface area (Å²) in [4.78, 5) is 18.8. The zero-order valence-electron chi connectivity index (χ0n) is 18.1. The van der Waals surface area contributed by atoms with E-state index >= 15 is 0 Å². The average molecular weight is 388 g/mol. The lowest BCUT2D eigenvalue weighted by atomic mass is 9.45. The van der Waals surface area contributed by atoms with Gasteiger partial charge in [-0.3, -0.25) is 4.79 Å². The summed E-state index contributed by atoms with van der Waals surface area (Å²) in [5.41, 5.74) is 1.91. The zero-order valence-corrected chi connectivity index (χ0v) is 18.1. The normalized spacial score (nSPS) is 50.3. The lowest BCUT2D eigenvalue weighted by Crippen LogP contribution is -2.53. The van der Waals surface area contributed by atoms with Crippen LogP contribution in [0.1, 0.15) is 78.1 Å². The van der Waals surface area contributed by atoms with Gasteiger partial charge in [-0.2, -0.15) is 0 Å². The van der Waals surface area contributed by atoms with Crippen LogP contribution in [0.4, 0.5) is 0 Å². The molecule has 0 aromatic rings. The van der Waals surface area contributed by atoms with Crippen molar-refractivity contribution in [3.05, 3.63) is 0 Å². The molecule has 5 fully saturated rings. The highest BCUT2D eigenvalue weighted by Crippen LogP contribution is 2.65. The van der Waals surface area contributed by atoms with E-state index < -0.39 is 0 Å². The van der Waals surface area contributed by atoms with E-state index in [-0.39, 0.29) is 5.41 Å². The van der Waals surface area contributed by atoms with E-state index in [0.29, 0.717) is 11.5 Å². The topological polar surface area (TPSA) is 46.2 Å². The predicted octanol–water partition coefficient (Wildman–Crippen LogP) is 4.65. The molecule has 4 heteroatoms. The van der Waals surface area contributed by atoms with Gasteiger partial charge in [0.15, 0.2) is 0 Å². The second-order valence-corrected chi connectivity index (χ2v) is 11.2. The predicted molar refractivity (Wildman–Crippen MR) is 113 cm³/mol. The van der Waals surface area contributed by atoms with E-state index in [1.165, 1.54) is 44.2 Å². The Hall–Kier alpha value is -0.900. The van der Waals surface area contributed by atoms with Gasteiger partial charge in [-0.15, -0.1) is 0 Å². The first-order chi connectivity index (χ1) is 13.4. The van der Waals surface area contributed by atoms with Gasteiger partial charge in [-0.1, -0.05) is 12.1 Å². The molecule has 7 atom stereocenters. The number of ketones is 1. The summed E-state index contributed by atoms with van der Waals surface area (Å²) in [6, 6.07) is 0. The highest BCUT2D eigenvalue weighted by molar-refractivity contribution is 5.88. The maximum Gasteiger partial charge on any atom is 0.299 e. The van der Waals surface area contributed by atoms with Crippen LogP contribution in [0.5, 0.6) is 0 Å². The summed E-state index contributed by atoms with van der Waals surface area (Å²) in [6.07, 6.45) is 12.4. The van der Waals surface area contributed by atoms with E-state index in [4.69, 9.17) is 4.84 Å². The van der Waals surface area contributed by atoms with Crippen molar-refractivity contribution < 1.29 is 9.63 Å². The van der Waals surface area contributed by atoms with E-state index in [1.54, 1.807) is 0 Å². The van der Waals surface area contributed by atoms with Crippen LogP contribution in [0.15, 0.2) is 5.16 Å². The summed E-state index contributed by atoms with van der Waals surface area (Å²) in [5.74, 6) is 3.99. The average Bonchev–Trinajstić information content (AvgIpc) is 3.23. The molecule has 1 N–H and O–H groups in total. The molecule has 5 aliphatic rings. The molecular formula is C24H39N2O2+. The standard InChI is InChI=1S/C24H38N2O2/c1-23-11-8-17(25-28-18-10-13-26(3)15-18)14-16(23)4-5-19-20-6-7-22(27)24(20,2)12-9-21(19)23/h16,18-21H,4-15H2,1-3H3/p+1/b25-17-/t16?,18-,19?,20?,21?,23-,24-/m0/s1. The molecule has 0 aromatic heterocycles. The Labute approximate surface area is 170 Å². The van der Waals surface area contributed by atoms with Gasteiger partial charge in [-0.25, -0.2) is 0 Å². The Morgan fingerprint density at radius 2 is 1.89 bits per heavy atom. The van der Waals surface area contributed by atoms with Crippen molar-refractivity contribution >= 4 is 11.5 Å². The first-order valence-corrected chi connectivity index (χ1v) is 11.9. The van der Waals surface area contributed by atoms with Crippen LogP contribution in [0.2, 0.25) is 0 Å². The van der Waals surface area contributed by atoms with Crippen LogP contribution in [0.3, 0.4) is 0 Å². The van der Waals surface area contributed by atoms with Gasteiger partial charge in [0.25, 0.3) is 5.78 Å². The van der Waals surface area contributed by atoms with Gasteiger partial charge in [0.2, 0.25) is 0 Å². The minimum absolute atomic E-state index is 0.119. The maximum absolute atomic E-state index is 10.6. The van der Waals surface area contributed by atoms with E-state index in [9.17, 15) is 4.79 Å². The fourth-order valence-corrected chi connectivity index (χ4v) is 8.06. The number of nitrogens with zero attached hydrogens (tertiary/aromatic N) is 2. The van der Waals surface area contributed by atoms with Crippen molar-refractivity contribution in [1.29, 1.82) is 0 Å². The van der Waals surface area contributed by atoms with Gasteiger partial charge in [-0.05, 0) is 94.4 Å². The summed E-state index contributed by atoms with van der Waals surface area (Å²) in [5, 5.41) is 4.65. The van der Waals surface area contributed by atoms with E-state index in [0.717, 1.165) is 68.2 Å². The van der Waals surface area contributed by atoms with Crippen LogP contribution < -0.4 is 0 Å². The summed E-state index contributed by atoms with van der Waals surface area (Å²) in [7, 11) is 2.16. The van der Waals surface area contributed by atoms with Crippen LogP contribution in [-0.4, -0.2) is 47.4 Å². The number of rotatable bonds is 2. The molecule has 0 bridgehead atoms. The number of hydrogen-bond donors (Lipinski definition) is 0. The molecule has 4 saturated carbocycles. The Morgan fingerprint density at radius 1 is 1.04 bits per heavy atom. The van der Waals surface area contributed by atoms with Gasteiger partial charge in [0.1, 0.15) is 6.10 Å². The molecule has 4 aliphatic carbocycles. The summed E-state index contributed by atoms with van der Waals surface area (Å²) >= 11 is 0. The quantitative estimate of drug-likeness (QED) is 0.511. The van der Waals surface area contributed by atoms with Crippen molar-refractivity contribution in [2.75, 3.05) is 20.1 Å². The van der Waals surface area contributed by atoms with Crippen LogP contribution >= 0.6 is 0 Å². The molecule has 1 aliphatic heterocycles. The Balaban J connectivity index is 1.28. The van der Waals surface area contributed by atoms with Crippen LogP contribution in [0.25, 0.3) is 0 Å². The highest BCUT2D eigenvalue weighted by Gasteiger charge is 2.62. The summed E-state index contributed by atoms with van der Waals surface area (Å²) in [6.45, 7) is 7.10. The SMILES string of the molecule is CN1CC[C@H](O/N=C2/CC[C@@]3(C)C(CCC4C3CC[C@]3(C)C(=[OH+])CCC43)C2)C1. The maximum atomic E-state index is 10.6. The molecule has 4 nitrogen and oxygen atoms in total. The van der Waals surface area contributed by atoms with Crippen molar-refractivity contribution in [2.24, 2.45) is 39.7 Å². The lowest BCUT2D eigenvalue weighted by Gasteiger charge is -2.59. The smallest absolute Gasteiger partial charge is 0.299 e. The van der Waals surface area contributed by atoms with Crippen molar-refractivity contribution in [1.82, 2.24) is 4.90 Å². The number of fused-ring (bicyclic) bond motifs is 5. The molecule has 5 rings (SSSR count). The molecule has 1 saturated heterocycles. The molecule has 0 aromatic carbocycles. The third-order valence-electron chi connectivity index (χ3n) is 9.92. The first kappa shape index (κ1) is 19.1. The molecular weight excluding hydrogens is 348 g/mol. The molecule has 156 valence electrons. The molecule has 1 heterocycles. The van der Waals surface area contributed by atoms with Crippen molar-refractivity contribution in [2.45, 2.75) is 84.2 Å². The van der Waals surface area contributed by atoms with E-state index in [2.05, 4.69) is 31.0 Å². The molecule has 28 heavy (non-hydrogen) atoms. The third-order valence-corrected chi connectivity index (χ3v) is 9.92. The fraction of sp³-hybridized carbons (Fsp3) is 0.917. The zero-order chi connectivity index (χ0) is 19.5. The largest absolute Gasteiger partial charge is 0.391 e. The molecule has 0 spiro atoms. The van der Waals surface area contributed by atoms with Gasteiger partial charge in [0.05, 0.1) is 17.5 Å². The Kier molecular flexibility index (Phi) is 4.65. The van der Waals surface area contributed by atoms with Gasteiger partial charge in [0, 0.05) is 19.5 Å². The molecule has 0 amide bonds. The van der Waals surface area contributed by atoms with Crippen LogP contribution in [-0.2, 0) is 4.84 Å². The Bertz CT molecular complexity index is 676. The highest BCUT2D eigenvalue weighted by atomic mass is 16.6. The fourth-order valence-electron chi connectivity index (χ4n) is 8.06. The van der Waals surface area contributed by atoms with Crippen molar-refractivity contribution in [3.63, 3.8) is 0 Å².